The van der Waals surface area contributed by atoms with Crippen LogP contribution in [0.5, 0.6) is 0 Å². The zero-order valence-corrected chi connectivity index (χ0v) is 16.6. The minimum Gasteiger partial charge on any atom is -0.445 e. The van der Waals surface area contributed by atoms with E-state index >= 15 is 0 Å². The molecule has 2 aromatic rings. The van der Waals surface area contributed by atoms with Crippen LogP contribution in [-0.4, -0.2) is 35.1 Å². The van der Waals surface area contributed by atoms with Crippen molar-refractivity contribution in [3.8, 4) is 0 Å². The van der Waals surface area contributed by atoms with Crippen molar-refractivity contribution in [2.75, 3.05) is 0 Å². The number of hydrogen-bond donors (Lipinski definition) is 1. The molecule has 0 fully saturated rings. The van der Waals surface area contributed by atoms with Crippen LogP contribution < -0.4 is 5.32 Å². The van der Waals surface area contributed by atoms with Gasteiger partial charge in [0.2, 0.25) is 0 Å². The van der Waals surface area contributed by atoms with Gasteiger partial charge in [0.25, 0.3) is 18.0 Å². The molecule has 0 radical (unpaired) electrons. The first-order chi connectivity index (χ1) is 13.9. The van der Waals surface area contributed by atoms with E-state index in [-0.39, 0.29) is 10.2 Å². The van der Waals surface area contributed by atoms with E-state index < -0.39 is 47.2 Å². The van der Waals surface area contributed by atoms with Gasteiger partial charge in [-0.05, 0) is 47.1 Å². The Morgan fingerprint density at radius 3 is 2.40 bits per heavy atom. The van der Waals surface area contributed by atoms with E-state index in [4.69, 9.17) is 0 Å². The molecule has 1 aromatic heterocycles. The number of hydrogen-bond acceptors (Lipinski definition) is 4. The Hall–Kier alpha value is -2.63. The normalized spacial score (nSPS) is 23.3. The smallest absolute Gasteiger partial charge is 0.431 e. The lowest BCUT2D eigenvalue weighted by Gasteiger charge is -2.42. The second-order valence-corrected chi connectivity index (χ2v) is 7.25. The molecule has 1 aliphatic rings. The Morgan fingerprint density at radius 1 is 1.17 bits per heavy atom. The third-order valence-corrected chi connectivity index (χ3v) is 4.80. The Balaban J connectivity index is 2.13. The summed E-state index contributed by atoms with van der Waals surface area (Å²) < 4.78 is 88.7. The first-order valence-corrected chi connectivity index (χ1v) is 9.05. The van der Waals surface area contributed by atoms with Gasteiger partial charge in [-0.3, -0.25) is 10.1 Å². The molecule has 0 aliphatic carbocycles. The molecule has 0 bridgehead atoms. The minimum atomic E-state index is -5.56. The van der Waals surface area contributed by atoms with Crippen LogP contribution in [0.1, 0.15) is 23.0 Å². The van der Waals surface area contributed by atoms with Crippen molar-refractivity contribution in [1.29, 1.82) is 0 Å². The van der Waals surface area contributed by atoms with Gasteiger partial charge in [0, 0.05) is 5.56 Å². The zero-order chi connectivity index (χ0) is 22.3. The second-order valence-electron chi connectivity index (χ2n) is 6.44. The molecule has 12 heteroatoms. The van der Waals surface area contributed by atoms with E-state index in [0.717, 1.165) is 12.1 Å². The standard InChI is InChI=1S/C18H12BrF6N3O2/c1-16(12-10(20)7-8-11(19)26-12)17(21,22)14(18(23,24)25)30-15(28-16)27-13(29)9-5-3-2-4-6-9/h2-8,14H,1H3,(H,27,28,29)/t14-,16?/m1/s1. The Bertz CT molecular complexity index is 999. The van der Waals surface area contributed by atoms with Crippen molar-refractivity contribution in [3.05, 3.63) is 64.1 Å². The molecule has 1 unspecified atom stereocenters. The highest BCUT2D eigenvalue weighted by atomic mass is 79.9. The number of aliphatic imine (C=N–C) groups is 1. The molecule has 2 heterocycles. The Kier molecular flexibility index (Phi) is 5.56. The number of nitrogens with zero attached hydrogens (tertiary/aromatic N) is 2. The molecule has 3 rings (SSSR count). The van der Waals surface area contributed by atoms with Crippen LogP contribution in [0.15, 0.2) is 52.1 Å². The molecule has 2 atom stereocenters. The molecule has 0 saturated heterocycles. The fourth-order valence-corrected chi connectivity index (χ4v) is 3.11. The molecule has 0 spiro atoms. The average Bonchev–Trinajstić information content (AvgIpc) is 2.66. The van der Waals surface area contributed by atoms with E-state index in [0.29, 0.717) is 6.92 Å². The summed E-state index contributed by atoms with van der Waals surface area (Å²) in [6.45, 7) is 0.584. The van der Waals surface area contributed by atoms with E-state index in [2.05, 4.69) is 30.6 Å². The van der Waals surface area contributed by atoms with Crippen LogP contribution in [0.4, 0.5) is 26.3 Å². The summed E-state index contributed by atoms with van der Waals surface area (Å²) in [6, 6.07) is 7.93. The molecule has 1 N–H and O–H groups in total. The largest absolute Gasteiger partial charge is 0.445 e. The third-order valence-electron chi connectivity index (χ3n) is 4.36. The topological polar surface area (TPSA) is 63.6 Å². The lowest BCUT2D eigenvalue weighted by Crippen LogP contribution is -2.62. The third kappa shape index (κ3) is 3.87. The summed E-state index contributed by atoms with van der Waals surface area (Å²) in [5.74, 6) is -7.02. The number of amidine groups is 1. The van der Waals surface area contributed by atoms with Gasteiger partial charge in [-0.15, -0.1) is 0 Å². The molecule has 5 nitrogen and oxygen atoms in total. The number of benzene rings is 1. The van der Waals surface area contributed by atoms with Gasteiger partial charge in [-0.2, -0.15) is 22.0 Å². The molecule has 1 amide bonds. The molecular formula is C18H12BrF6N3O2. The minimum absolute atomic E-state index is 0.0122. The summed E-state index contributed by atoms with van der Waals surface area (Å²) >= 11 is 2.87. The summed E-state index contributed by atoms with van der Waals surface area (Å²) in [7, 11) is 0. The maximum absolute atomic E-state index is 15.0. The van der Waals surface area contributed by atoms with Crippen LogP contribution >= 0.6 is 15.9 Å². The van der Waals surface area contributed by atoms with Crippen molar-refractivity contribution in [1.82, 2.24) is 10.3 Å². The van der Waals surface area contributed by atoms with Crippen LogP contribution in [0.25, 0.3) is 0 Å². The zero-order valence-electron chi connectivity index (χ0n) is 15.0. The average molecular weight is 496 g/mol. The summed E-state index contributed by atoms with van der Waals surface area (Å²) in [5, 5.41) is 1.93. The van der Waals surface area contributed by atoms with Gasteiger partial charge in [0.15, 0.2) is 5.54 Å². The highest BCUT2D eigenvalue weighted by Crippen LogP contribution is 2.50. The molecule has 1 aliphatic heterocycles. The number of rotatable bonds is 2. The Labute approximate surface area is 174 Å². The predicted octanol–water partition coefficient (Wildman–Crippen LogP) is 4.58. The number of halogens is 7. The molecule has 0 saturated carbocycles. The van der Waals surface area contributed by atoms with Crippen LogP contribution in [0, 0.1) is 5.82 Å². The monoisotopic (exact) mass is 495 g/mol. The van der Waals surface area contributed by atoms with Gasteiger partial charge in [-0.25, -0.2) is 14.4 Å². The van der Waals surface area contributed by atoms with E-state index in [1.54, 1.807) is 6.07 Å². The van der Waals surface area contributed by atoms with E-state index in [1.165, 1.54) is 24.3 Å². The van der Waals surface area contributed by atoms with E-state index in [1.807, 2.05) is 5.32 Å². The lowest BCUT2D eigenvalue weighted by atomic mass is 9.85. The van der Waals surface area contributed by atoms with Crippen LogP contribution in [0.3, 0.4) is 0 Å². The predicted molar refractivity (Wildman–Crippen MR) is 96.5 cm³/mol. The highest BCUT2D eigenvalue weighted by molar-refractivity contribution is 9.10. The maximum atomic E-state index is 15.0. The fourth-order valence-electron chi connectivity index (χ4n) is 2.80. The number of alkyl halides is 5. The summed E-state index contributed by atoms with van der Waals surface area (Å²) in [6.07, 6.45) is -9.27. The number of carbonyl (C=O) groups excluding carboxylic acids is 1. The summed E-state index contributed by atoms with van der Waals surface area (Å²) in [5.41, 5.74) is -4.18. The fraction of sp³-hybridized carbons (Fsp3) is 0.278. The molecular weight excluding hydrogens is 484 g/mol. The number of aromatic nitrogens is 1. The number of amides is 1. The lowest BCUT2D eigenvalue weighted by molar-refractivity contribution is -0.288. The van der Waals surface area contributed by atoms with Crippen LogP contribution in [-0.2, 0) is 10.3 Å². The van der Waals surface area contributed by atoms with Crippen LogP contribution in [0.2, 0.25) is 0 Å². The quantitative estimate of drug-likeness (QED) is 0.489. The first kappa shape index (κ1) is 22.1. The van der Waals surface area contributed by atoms with Gasteiger partial charge in [-0.1, -0.05) is 18.2 Å². The molecule has 1 aromatic carbocycles. The van der Waals surface area contributed by atoms with Gasteiger partial charge in [0.1, 0.15) is 16.1 Å². The number of pyridine rings is 1. The van der Waals surface area contributed by atoms with Crippen molar-refractivity contribution in [2.24, 2.45) is 4.99 Å². The van der Waals surface area contributed by atoms with E-state index in [9.17, 15) is 31.1 Å². The van der Waals surface area contributed by atoms with Gasteiger partial charge < -0.3 is 4.74 Å². The number of nitrogens with one attached hydrogen (secondary N) is 1. The maximum Gasteiger partial charge on any atom is 0.431 e. The van der Waals surface area contributed by atoms with Gasteiger partial charge in [0.05, 0.1) is 0 Å². The second kappa shape index (κ2) is 7.56. The highest BCUT2D eigenvalue weighted by Gasteiger charge is 2.70. The SMILES string of the molecule is CC1(c2nc(Br)ccc2F)N=C(NC(=O)c2ccccc2)O[C@@H](C(F)(F)F)C1(F)F. The first-order valence-electron chi connectivity index (χ1n) is 8.26. The van der Waals surface area contributed by atoms with Crippen molar-refractivity contribution < 1.29 is 35.9 Å². The summed E-state index contributed by atoms with van der Waals surface area (Å²) in [4.78, 5) is 19.3. The molecule has 160 valence electrons. The van der Waals surface area contributed by atoms with Gasteiger partial charge >= 0.3 is 12.1 Å². The van der Waals surface area contributed by atoms with Crippen molar-refractivity contribution >= 4 is 27.9 Å². The molecule has 30 heavy (non-hydrogen) atoms. The number of ether oxygens (including phenoxy) is 1. The van der Waals surface area contributed by atoms with Crippen molar-refractivity contribution in [3.63, 3.8) is 0 Å². The number of carbonyl (C=O) groups is 1. The van der Waals surface area contributed by atoms with Crippen molar-refractivity contribution in [2.45, 2.75) is 30.7 Å². The Morgan fingerprint density at radius 2 is 1.80 bits per heavy atom.